The lowest BCUT2D eigenvalue weighted by Gasteiger charge is -2.31. The summed E-state index contributed by atoms with van der Waals surface area (Å²) >= 11 is 0. The van der Waals surface area contributed by atoms with E-state index in [0.717, 1.165) is 45.3 Å². The van der Waals surface area contributed by atoms with Gasteiger partial charge in [-0.3, -0.25) is 0 Å². The van der Waals surface area contributed by atoms with Gasteiger partial charge in [-0.05, 0) is 57.5 Å². The smallest absolute Gasteiger partial charge is 0.214 e. The second-order valence-electron chi connectivity index (χ2n) is 5.46. The molecule has 2 rings (SSSR count). The van der Waals surface area contributed by atoms with Crippen molar-refractivity contribution in [1.82, 2.24) is 9.62 Å². The third-order valence-corrected chi connectivity index (χ3v) is 5.96. The van der Waals surface area contributed by atoms with Crippen molar-refractivity contribution in [2.45, 2.75) is 32.1 Å². The minimum atomic E-state index is -2.95. The molecule has 0 unspecified atom stereocenters. The Kier molecular flexibility index (Phi) is 4.44. The van der Waals surface area contributed by atoms with Crippen LogP contribution in [-0.4, -0.2) is 45.2 Å². The van der Waals surface area contributed by atoms with Gasteiger partial charge in [-0.1, -0.05) is 0 Å². The van der Waals surface area contributed by atoms with Gasteiger partial charge >= 0.3 is 0 Å². The van der Waals surface area contributed by atoms with Crippen LogP contribution < -0.4 is 5.32 Å². The summed E-state index contributed by atoms with van der Waals surface area (Å²) in [5.41, 5.74) is 0. The summed E-state index contributed by atoms with van der Waals surface area (Å²) in [6, 6.07) is 0. The lowest BCUT2D eigenvalue weighted by Crippen LogP contribution is -2.40. The van der Waals surface area contributed by atoms with Crippen LogP contribution in [0.4, 0.5) is 0 Å². The maximum atomic E-state index is 12.1. The molecular formula is C12H24N2O2S. The van der Waals surface area contributed by atoms with Crippen molar-refractivity contribution in [3.05, 3.63) is 0 Å². The minimum Gasteiger partial charge on any atom is -0.320 e. The zero-order chi connectivity index (χ0) is 12.3. The van der Waals surface area contributed by atoms with Gasteiger partial charge in [0.1, 0.15) is 0 Å². The average molecular weight is 260 g/mol. The van der Waals surface area contributed by atoms with Crippen LogP contribution in [0.25, 0.3) is 0 Å². The molecule has 4 nitrogen and oxygen atoms in total. The Hall–Kier alpha value is -0.130. The quantitative estimate of drug-likeness (QED) is 0.776. The van der Waals surface area contributed by atoms with E-state index in [-0.39, 0.29) is 0 Å². The Morgan fingerprint density at radius 3 is 2.29 bits per heavy atom. The summed E-state index contributed by atoms with van der Waals surface area (Å²) in [7, 11) is -0.979. The third kappa shape index (κ3) is 3.93. The van der Waals surface area contributed by atoms with E-state index < -0.39 is 10.0 Å². The number of rotatable bonds is 6. The van der Waals surface area contributed by atoms with E-state index in [1.165, 1.54) is 6.42 Å². The molecule has 5 heteroatoms. The lowest BCUT2D eigenvalue weighted by atomic mass is 9.95. The van der Waals surface area contributed by atoms with Gasteiger partial charge in [-0.2, -0.15) is 0 Å². The molecule has 1 aliphatic carbocycles. The maximum absolute atomic E-state index is 12.1. The predicted octanol–water partition coefficient (Wildman–Crippen LogP) is 1.05. The van der Waals surface area contributed by atoms with Crippen LogP contribution in [0.15, 0.2) is 0 Å². The van der Waals surface area contributed by atoms with E-state index in [1.54, 1.807) is 4.31 Å². The highest BCUT2D eigenvalue weighted by molar-refractivity contribution is 7.89. The lowest BCUT2D eigenvalue weighted by molar-refractivity contribution is 0.263. The summed E-state index contributed by atoms with van der Waals surface area (Å²) in [5, 5.41) is 3.16. The van der Waals surface area contributed by atoms with E-state index >= 15 is 0 Å². The van der Waals surface area contributed by atoms with Gasteiger partial charge in [0.2, 0.25) is 10.0 Å². The maximum Gasteiger partial charge on any atom is 0.214 e. The molecule has 0 amide bonds. The van der Waals surface area contributed by atoms with Crippen LogP contribution in [0, 0.1) is 11.8 Å². The molecule has 0 radical (unpaired) electrons. The highest BCUT2D eigenvalue weighted by Gasteiger charge is 2.33. The van der Waals surface area contributed by atoms with Crippen LogP contribution in [0.3, 0.4) is 0 Å². The Morgan fingerprint density at radius 1 is 1.12 bits per heavy atom. The molecule has 0 aromatic carbocycles. The Morgan fingerprint density at radius 2 is 1.76 bits per heavy atom. The van der Waals surface area contributed by atoms with Gasteiger partial charge in [-0.25, -0.2) is 12.7 Å². The fraction of sp³-hybridized carbons (Fsp3) is 1.00. The van der Waals surface area contributed by atoms with E-state index in [1.807, 2.05) is 7.05 Å². The van der Waals surface area contributed by atoms with E-state index in [0.29, 0.717) is 17.6 Å². The van der Waals surface area contributed by atoms with E-state index in [4.69, 9.17) is 0 Å². The zero-order valence-corrected chi connectivity index (χ0v) is 11.5. The van der Waals surface area contributed by atoms with Gasteiger partial charge in [-0.15, -0.1) is 0 Å². The van der Waals surface area contributed by atoms with Crippen LogP contribution >= 0.6 is 0 Å². The largest absolute Gasteiger partial charge is 0.320 e. The van der Waals surface area contributed by atoms with E-state index in [2.05, 4.69) is 5.32 Å². The number of nitrogens with one attached hydrogen (secondary N) is 1. The molecule has 0 bridgehead atoms. The summed E-state index contributed by atoms with van der Waals surface area (Å²) in [6.45, 7) is 2.52. The Bertz CT molecular complexity index is 330. The van der Waals surface area contributed by atoms with Crippen LogP contribution in [0.5, 0.6) is 0 Å². The third-order valence-electron chi connectivity index (χ3n) is 3.91. The Labute approximate surface area is 105 Å². The molecular weight excluding hydrogens is 236 g/mol. The van der Waals surface area contributed by atoms with Gasteiger partial charge in [0.15, 0.2) is 0 Å². The molecule has 0 spiro atoms. The van der Waals surface area contributed by atoms with Crippen LogP contribution in [0.1, 0.15) is 32.1 Å². The standard InChI is InChI=1S/C12H24N2O2S/c1-13-7-4-11-5-8-14(9-6-11)17(15,16)10-12-2-3-12/h11-13H,2-10H2,1H3. The minimum absolute atomic E-state index is 0.397. The Balaban J connectivity index is 1.77. The molecule has 0 aromatic rings. The molecule has 17 heavy (non-hydrogen) atoms. The first-order valence-corrected chi connectivity index (χ1v) is 8.35. The molecule has 0 aromatic heterocycles. The summed E-state index contributed by atoms with van der Waals surface area (Å²) in [5.74, 6) is 1.56. The fourth-order valence-electron chi connectivity index (χ4n) is 2.51. The number of nitrogens with zero attached hydrogens (tertiary/aromatic N) is 1. The second-order valence-corrected chi connectivity index (χ2v) is 7.47. The first-order valence-electron chi connectivity index (χ1n) is 6.74. The van der Waals surface area contributed by atoms with Crippen LogP contribution in [0.2, 0.25) is 0 Å². The molecule has 0 atom stereocenters. The van der Waals surface area contributed by atoms with Gasteiger partial charge < -0.3 is 5.32 Å². The highest BCUT2D eigenvalue weighted by atomic mass is 32.2. The van der Waals surface area contributed by atoms with Crippen molar-refractivity contribution in [1.29, 1.82) is 0 Å². The molecule has 1 aliphatic heterocycles. The second kappa shape index (κ2) is 5.67. The molecule has 100 valence electrons. The zero-order valence-electron chi connectivity index (χ0n) is 10.7. The normalized spacial score (nSPS) is 24.1. The van der Waals surface area contributed by atoms with Crippen molar-refractivity contribution in [3.8, 4) is 0 Å². The van der Waals surface area contributed by atoms with Gasteiger partial charge in [0.05, 0.1) is 5.75 Å². The summed E-state index contributed by atoms with van der Waals surface area (Å²) in [4.78, 5) is 0. The van der Waals surface area contributed by atoms with Crippen molar-refractivity contribution >= 4 is 10.0 Å². The van der Waals surface area contributed by atoms with Gasteiger partial charge in [0.25, 0.3) is 0 Å². The summed E-state index contributed by atoms with van der Waals surface area (Å²) < 4.78 is 25.9. The molecule has 1 heterocycles. The van der Waals surface area contributed by atoms with E-state index in [9.17, 15) is 8.42 Å². The number of piperidine rings is 1. The van der Waals surface area contributed by atoms with Crippen molar-refractivity contribution in [3.63, 3.8) is 0 Å². The monoisotopic (exact) mass is 260 g/mol. The first-order chi connectivity index (χ1) is 8.12. The average Bonchev–Trinajstić information content (AvgIpc) is 3.10. The highest BCUT2D eigenvalue weighted by Crippen LogP contribution is 2.32. The predicted molar refractivity (Wildman–Crippen MR) is 69.4 cm³/mol. The molecule has 1 N–H and O–H groups in total. The topological polar surface area (TPSA) is 49.4 Å². The van der Waals surface area contributed by atoms with Crippen molar-refractivity contribution in [2.24, 2.45) is 11.8 Å². The number of hydrogen-bond acceptors (Lipinski definition) is 3. The number of hydrogen-bond donors (Lipinski definition) is 1. The van der Waals surface area contributed by atoms with Gasteiger partial charge in [0, 0.05) is 13.1 Å². The van der Waals surface area contributed by atoms with Crippen molar-refractivity contribution < 1.29 is 8.42 Å². The summed E-state index contributed by atoms with van der Waals surface area (Å²) in [6.07, 6.45) is 5.46. The van der Waals surface area contributed by atoms with Crippen LogP contribution in [-0.2, 0) is 10.0 Å². The SMILES string of the molecule is CNCCC1CCN(S(=O)(=O)CC2CC2)CC1. The number of sulfonamides is 1. The molecule has 1 saturated carbocycles. The fourth-order valence-corrected chi connectivity index (χ4v) is 4.42. The first kappa shape index (κ1) is 13.3. The molecule has 2 aliphatic rings. The molecule has 2 fully saturated rings. The van der Waals surface area contributed by atoms with Crippen molar-refractivity contribution in [2.75, 3.05) is 32.4 Å². The molecule has 1 saturated heterocycles.